The maximum absolute atomic E-state index is 12.6. The van der Waals surface area contributed by atoms with Crippen LogP contribution in [0.2, 0.25) is 0 Å². The third kappa shape index (κ3) is 3.91. The lowest BCUT2D eigenvalue weighted by Crippen LogP contribution is -2.25. The highest BCUT2D eigenvalue weighted by Gasteiger charge is 2.17. The van der Waals surface area contributed by atoms with Gasteiger partial charge in [-0.2, -0.15) is 0 Å². The number of carbonyl (C=O) groups excluding carboxylic acids is 2. The first kappa shape index (κ1) is 19.3. The number of nitrogens with one attached hydrogen (secondary N) is 3. The van der Waals surface area contributed by atoms with Crippen LogP contribution in [0.25, 0.3) is 22.2 Å². The minimum absolute atomic E-state index is 0.0831. The highest BCUT2D eigenvalue weighted by atomic mass is 16.2. The Morgan fingerprint density at radius 3 is 2.60 bits per heavy atom. The molecular formula is C23H21N5O2. The van der Waals surface area contributed by atoms with Crippen molar-refractivity contribution in [1.29, 1.82) is 0 Å². The van der Waals surface area contributed by atoms with Crippen LogP contribution in [-0.4, -0.2) is 33.8 Å². The predicted octanol–water partition coefficient (Wildman–Crippen LogP) is 2.84. The van der Waals surface area contributed by atoms with Crippen LogP contribution in [0.3, 0.4) is 0 Å². The number of nitrogens with zero attached hydrogens (tertiary/aromatic N) is 2. The first-order chi connectivity index (χ1) is 14.7. The van der Waals surface area contributed by atoms with Crippen molar-refractivity contribution in [3.05, 3.63) is 83.9 Å². The van der Waals surface area contributed by atoms with E-state index < -0.39 is 0 Å². The summed E-state index contributed by atoms with van der Waals surface area (Å²) in [6, 6.07) is 15.4. The van der Waals surface area contributed by atoms with Crippen molar-refractivity contribution in [2.45, 2.75) is 13.0 Å². The Morgan fingerprint density at radius 2 is 1.73 bits per heavy atom. The van der Waals surface area contributed by atoms with Gasteiger partial charge in [-0.25, -0.2) is 4.98 Å². The normalized spacial score (nSPS) is 10.7. The number of H-pyrrole nitrogens is 1. The lowest BCUT2D eigenvalue weighted by Gasteiger charge is -2.12. The SMILES string of the molecule is CNC(=O)c1nccnc1-c1ccccc1CNC(=O)Cc1c[nH]c2ccccc12. The number of rotatable bonds is 6. The van der Waals surface area contributed by atoms with Crippen LogP contribution >= 0.6 is 0 Å². The summed E-state index contributed by atoms with van der Waals surface area (Å²) in [5.74, 6) is -0.392. The van der Waals surface area contributed by atoms with Crippen molar-refractivity contribution < 1.29 is 9.59 Å². The fourth-order valence-electron chi connectivity index (χ4n) is 3.43. The van der Waals surface area contributed by atoms with Gasteiger partial charge in [-0.1, -0.05) is 42.5 Å². The van der Waals surface area contributed by atoms with Gasteiger partial charge < -0.3 is 15.6 Å². The highest BCUT2D eigenvalue weighted by molar-refractivity contribution is 5.98. The zero-order chi connectivity index (χ0) is 20.9. The quantitative estimate of drug-likeness (QED) is 0.464. The van der Waals surface area contributed by atoms with E-state index in [0.29, 0.717) is 12.2 Å². The van der Waals surface area contributed by atoms with Gasteiger partial charge in [-0.05, 0) is 17.2 Å². The van der Waals surface area contributed by atoms with E-state index in [2.05, 4.69) is 25.6 Å². The van der Waals surface area contributed by atoms with E-state index in [1.807, 2.05) is 54.7 Å². The second-order valence-corrected chi connectivity index (χ2v) is 6.80. The molecule has 4 rings (SSSR count). The van der Waals surface area contributed by atoms with Gasteiger partial charge >= 0.3 is 0 Å². The summed E-state index contributed by atoms with van der Waals surface area (Å²) in [4.78, 5) is 36.5. The Kier molecular flexibility index (Phi) is 5.52. The van der Waals surface area contributed by atoms with Gasteiger partial charge in [0.25, 0.3) is 5.91 Å². The van der Waals surface area contributed by atoms with Crippen LogP contribution in [0, 0.1) is 0 Å². The summed E-state index contributed by atoms with van der Waals surface area (Å²) in [5.41, 5.74) is 4.31. The number of hydrogen-bond acceptors (Lipinski definition) is 4. The van der Waals surface area contributed by atoms with Crippen molar-refractivity contribution in [2.24, 2.45) is 0 Å². The number of hydrogen-bond donors (Lipinski definition) is 3. The number of fused-ring (bicyclic) bond motifs is 1. The summed E-state index contributed by atoms with van der Waals surface area (Å²) < 4.78 is 0. The smallest absolute Gasteiger partial charge is 0.271 e. The number of carbonyl (C=O) groups is 2. The molecule has 2 aromatic carbocycles. The molecule has 0 bridgehead atoms. The van der Waals surface area contributed by atoms with Crippen molar-refractivity contribution in [3.8, 4) is 11.3 Å². The lowest BCUT2D eigenvalue weighted by molar-refractivity contribution is -0.120. The van der Waals surface area contributed by atoms with Gasteiger partial charge in [0.15, 0.2) is 5.69 Å². The van der Waals surface area contributed by atoms with Crippen molar-refractivity contribution in [1.82, 2.24) is 25.6 Å². The third-order valence-corrected chi connectivity index (χ3v) is 4.91. The molecule has 4 aromatic rings. The Morgan fingerprint density at radius 1 is 0.967 bits per heavy atom. The molecular weight excluding hydrogens is 378 g/mol. The molecule has 0 aliphatic carbocycles. The molecule has 0 aliphatic heterocycles. The maximum Gasteiger partial charge on any atom is 0.271 e. The van der Waals surface area contributed by atoms with E-state index in [1.54, 1.807) is 13.2 Å². The molecule has 0 unspecified atom stereocenters. The third-order valence-electron chi connectivity index (χ3n) is 4.91. The van der Waals surface area contributed by atoms with E-state index in [4.69, 9.17) is 0 Å². The number of aromatic nitrogens is 3. The van der Waals surface area contributed by atoms with Gasteiger partial charge in [0.05, 0.1) is 6.42 Å². The van der Waals surface area contributed by atoms with E-state index in [-0.39, 0.29) is 23.9 Å². The Hall–Kier alpha value is -4.00. The largest absolute Gasteiger partial charge is 0.361 e. The first-order valence-electron chi connectivity index (χ1n) is 9.60. The zero-order valence-corrected chi connectivity index (χ0v) is 16.5. The molecule has 0 spiro atoms. The minimum Gasteiger partial charge on any atom is -0.361 e. The van der Waals surface area contributed by atoms with Crippen LogP contribution in [0.15, 0.2) is 67.1 Å². The van der Waals surface area contributed by atoms with E-state index in [1.165, 1.54) is 6.20 Å². The predicted molar refractivity (Wildman–Crippen MR) is 115 cm³/mol. The van der Waals surface area contributed by atoms with Gasteiger partial charge in [0, 0.05) is 48.6 Å². The van der Waals surface area contributed by atoms with E-state index in [0.717, 1.165) is 27.6 Å². The molecule has 2 aromatic heterocycles. The number of amides is 2. The number of para-hydroxylation sites is 1. The second-order valence-electron chi connectivity index (χ2n) is 6.80. The summed E-state index contributed by atoms with van der Waals surface area (Å²) >= 11 is 0. The Balaban J connectivity index is 1.53. The van der Waals surface area contributed by atoms with Crippen molar-refractivity contribution in [3.63, 3.8) is 0 Å². The molecule has 30 heavy (non-hydrogen) atoms. The van der Waals surface area contributed by atoms with Gasteiger partial charge in [0.2, 0.25) is 5.91 Å². The average Bonchev–Trinajstić information content (AvgIpc) is 3.20. The molecule has 0 saturated carbocycles. The standard InChI is InChI=1S/C23H21N5O2/c1-24-23(30)22-21(25-10-11-26-22)18-8-3-2-6-15(18)13-28-20(29)12-16-14-27-19-9-5-4-7-17(16)19/h2-11,14,27H,12-13H2,1H3,(H,24,30)(H,28,29). The molecule has 7 heteroatoms. The van der Waals surface area contributed by atoms with Crippen LogP contribution < -0.4 is 10.6 Å². The molecule has 0 radical (unpaired) electrons. The van der Waals surface area contributed by atoms with Crippen molar-refractivity contribution >= 4 is 22.7 Å². The molecule has 2 heterocycles. The monoisotopic (exact) mass is 399 g/mol. The Bertz CT molecular complexity index is 1210. The molecule has 150 valence electrons. The summed E-state index contributed by atoms with van der Waals surface area (Å²) in [5, 5.41) is 6.60. The lowest BCUT2D eigenvalue weighted by atomic mass is 10.0. The van der Waals surface area contributed by atoms with Crippen LogP contribution in [-0.2, 0) is 17.8 Å². The topological polar surface area (TPSA) is 99.8 Å². The summed E-state index contributed by atoms with van der Waals surface area (Å²) in [6.45, 7) is 0.321. The summed E-state index contributed by atoms with van der Waals surface area (Å²) in [6.07, 6.45) is 5.18. The highest BCUT2D eigenvalue weighted by Crippen LogP contribution is 2.24. The van der Waals surface area contributed by atoms with E-state index >= 15 is 0 Å². The molecule has 0 saturated heterocycles. The van der Waals surface area contributed by atoms with Gasteiger partial charge in [0.1, 0.15) is 5.69 Å². The molecule has 0 atom stereocenters. The number of benzene rings is 2. The molecule has 0 fully saturated rings. The minimum atomic E-state index is -0.309. The van der Waals surface area contributed by atoms with E-state index in [9.17, 15) is 9.59 Å². The maximum atomic E-state index is 12.6. The fraction of sp³-hybridized carbons (Fsp3) is 0.130. The van der Waals surface area contributed by atoms with Crippen molar-refractivity contribution in [2.75, 3.05) is 7.05 Å². The second kappa shape index (κ2) is 8.57. The Labute approximate surface area is 173 Å². The average molecular weight is 399 g/mol. The first-order valence-corrected chi connectivity index (χ1v) is 9.60. The molecule has 0 aliphatic rings. The van der Waals surface area contributed by atoms with Gasteiger partial charge in [-0.15, -0.1) is 0 Å². The zero-order valence-electron chi connectivity index (χ0n) is 16.5. The van der Waals surface area contributed by atoms with Crippen LogP contribution in [0.5, 0.6) is 0 Å². The number of aromatic amines is 1. The fourth-order valence-corrected chi connectivity index (χ4v) is 3.43. The molecule has 2 amide bonds. The molecule has 7 nitrogen and oxygen atoms in total. The van der Waals surface area contributed by atoms with Crippen LogP contribution in [0.1, 0.15) is 21.6 Å². The van der Waals surface area contributed by atoms with Crippen LogP contribution in [0.4, 0.5) is 0 Å². The molecule has 3 N–H and O–H groups in total. The van der Waals surface area contributed by atoms with Gasteiger partial charge in [-0.3, -0.25) is 14.6 Å². The summed E-state index contributed by atoms with van der Waals surface area (Å²) in [7, 11) is 1.55.